The van der Waals surface area contributed by atoms with E-state index in [9.17, 15) is 0 Å². The standard InChI is InChI=1S/C15H14Br2ClNO/c1-20-11-3-5-13(16)9(6-11)7-15(19)12-8-10(18)2-4-14(12)17/h2-6,8,15H,7,19H2,1H3. The van der Waals surface area contributed by atoms with E-state index in [1.807, 2.05) is 36.4 Å². The molecule has 2 aromatic carbocycles. The molecule has 2 aromatic rings. The highest BCUT2D eigenvalue weighted by atomic mass is 79.9. The van der Waals surface area contributed by atoms with Gasteiger partial charge in [0.05, 0.1) is 7.11 Å². The highest BCUT2D eigenvalue weighted by Gasteiger charge is 2.13. The molecule has 1 atom stereocenters. The van der Waals surface area contributed by atoms with Gasteiger partial charge in [0, 0.05) is 20.0 Å². The second-order valence-electron chi connectivity index (χ2n) is 4.43. The summed E-state index contributed by atoms with van der Waals surface area (Å²) in [6.07, 6.45) is 0.691. The maximum Gasteiger partial charge on any atom is 0.119 e. The minimum Gasteiger partial charge on any atom is -0.497 e. The summed E-state index contributed by atoms with van der Waals surface area (Å²) in [6.45, 7) is 0. The van der Waals surface area contributed by atoms with Gasteiger partial charge in [0.25, 0.3) is 0 Å². The number of halogens is 3. The first kappa shape index (κ1) is 15.8. The third-order valence-corrected chi connectivity index (χ3v) is 4.78. The Bertz CT molecular complexity index is 619. The quantitative estimate of drug-likeness (QED) is 0.747. The molecule has 0 radical (unpaired) electrons. The van der Waals surface area contributed by atoms with Crippen molar-refractivity contribution in [2.45, 2.75) is 12.5 Å². The fraction of sp³-hybridized carbons (Fsp3) is 0.200. The number of hydrogen-bond donors (Lipinski definition) is 1. The van der Waals surface area contributed by atoms with Crippen LogP contribution in [0.5, 0.6) is 5.75 Å². The number of methoxy groups -OCH3 is 1. The molecule has 0 saturated heterocycles. The summed E-state index contributed by atoms with van der Waals surface area (Å²) in [5, 5.41) is 0.684. The molecule has 0 aliphatic carbocycles. The first-order chi connectivity index (χ1) is 9.51. The first-order valence-corrected chi connectivity index (χ1v) is 8.00. The summed E-state index contributed by atoms with van der Waals surface area (Å²) in [7, 11) is 1.65. The molecular formula is C15H14Br2ClNO. The van der Waals surface area contributed by atoms with E-state index in [1.54, 1.807) is 7.11 Å². The maximum absolute atomic E-state index is 6.31. The first-order valence-electron chi connectivity index (χ1n) is 6.04. The molecule has 2 rings (SSSR count). The minimum absolute atomic E-state index is 0.147. The smallest absolute Gasteiger partial charge is 0.119 e. The summed E-state index contributed by atoms with van der Waals surface area (Å²) < 4.78 is 7.23. The second-order valence-corrected chi connectivity index (χ2v) is 6.58. The molecule has 0 aliphatic heterocycles. The number of benzene rings is 2. The maximum atomic E-state index is 6.31. The Morgan fingerprint density at radius 2 is 1.85 bits per heavy atom. The molecule has 0 bridgehead atoms. The highest BCUT2D eigenvalue weighted by Crippen LogP contribution is 2.30. The fourth-order valence-electron chi connectivity index (χ4n) is 1.98. The third kappa shape index (κ3) is 3.76. The van der Waals surface area contributed by atoms with Crippen molar-refractivity contribution in [3.05, 3.63) is 61.5 Å². The third-order valence-electron chi connectivity index (χ3n) is 3.05. The minimum atomic E-state index is -0.147. The lowest BCUT2D eigenvalue weighted by Crippen LogP contribution is -2.14. The largest absolute Gasteiger partial charge is 0.497 e. The number of rotatable bonds is 4. The van der Waals surface area contributed by atoms with E-state index in [0.29, 0.717) is 11.4 Å². The molecule has 2 N–H and O–H groups in total. The van der Waals surface area contributed by atoms with Gasteiger partial charge >= 0.3 is 0 Å². The molecule has 106 valence electrons. The predicted molar refractivity (Wildman–Crippen MR) is 90.5 cm³/mol. The molecule has 0 heterocycles. The van der Waals surface area contributed by atoms with Crippen molar-refractivity contribution in [2.75, 3.05) is 7.11 Å². The van der Waals surface area contributed by atoms with Crippen LogP contribution < -0.4 is 10.5 Å². The van der Waals surface area contributed by atoms with Crippen LogP contribution in [-0.4, -0.2) is 7.11 Å². The summed E-state index contributed by atoms with van der Waals surface area (Å²) in [5.41, 5.74) is 8.40. The van der Waals surface area contributed by atoms with E-state index >= 15 is 0 Å². The molecule has 0 spiro atoms. The Hall–Kier alpha value is -0.550. The molecule has 1 unspecified atom stereocenters. The van der Waals surface area contributed by atoms with Crippen LogP contribution in [0.3, 0.4) is 0 Å². The van der Waals surface area contributed by atoms with E-state index in [2.05, 4.69) is 31.9 Å². The average Bonchev–Trinajstić information content (AvgIpc) is 2.43. The van der Waals surface area contributed by atoms with E-state index in [4.69, 9.17) is 22.1 Å². The van der Waals surface area contributed by atoms with Crippen molar-refractivity contribution < 1.29 is 4.74 Å². The zero-order valence-electron chi connectivity index (χ0n) is 10.9. The highest BCUT2D eigenvalue weighted by molar-refractivity contribution is 9.10. The van der Waals surface area contributed by atoms with E-state index in [1.165, 1.54) is 0 Å². The lowest BCUT2D eigenvalue weighted by molar-refractivity contribution is 0.414. The topological polar surface area (TPSA) is 35.2 Å². The normalized spacial score (nSPS) is 12.2. The van der Waals surface area contributed by atoms with Gasteiger partial charge in [-0.15, -0.1) is 0 Å². The molecule has 2 nitrogen and oxygen atoms in total. The average molecular weight is 420 g/mol. The van der Waals surface area contributed by atoms with E-state index in [0.717, 1.165) is 25.8 Å². The van der Waals surface area contributed by atoms with Gasteiger partial charge in [-0.25, -0.2) is 0 Å². The van der Waals surface area contributed by atoms with Gasteiger partial charge in [0.2, 0.25) is 0 Å². The zero-order valence-corrected chi connectivity index (χ0v) is 14.8. The van der Waals surface area contributed by atoms with Gasteiger partial charge < -0.3 is 10.5 Å². The molecule has 0 aliphatic rings. The molecule has 0 fully saturated rings. The molecule has 5 heteroatoms. The van der Waals surface area contributed by atoms with Crippen LogP contribution in [0, 0.1) is 0 Å². The van der Waals surface area contributed by atoms with Crippen molar-refractivity contribution >= 4 is 43.5 Å². The van der Waals surface area contributed by atoms with Crippen LogP contribution in [0.1, 0.15) is 17.2 Å². The van der Waals surface area contributed by atoms with Gasteiger partial charge in [-0.05, 0) is 53.9 Å². The molecule has 20 heavy (non-hydrogen) atoms. The molecule has 0 saturated carbocycles. The monoisotopic (exact) mass is 417 g/mol. The lowest BCUT2D eigenvalue weighted by Gasteiger charge is -2.16. The zero-order chi connectivity index (χ0) is 14.7. The lowest BCUT2D eigenvalue weighted by atomic mass is 9.99. The van der Waals surface area contributed by atoms with Crippen molar-refractivity contribution in [1.82, 2.24) is 0 Å². The van der Waals surface area contributed by atoms with Gasteiger partial charge in [0.15, 0.2) is 0 Å². The van der Waals surface area contributed by atoms with Crippen LogP contribution in [0.2, 0.25) is 5.02 Å². The number of nitrogens with two attached hydrogens (primary N) is 1. The van der Waals surface area contributed by atoms with Crippen molar-refractivity contribution in [2.24, 2.45) is 5.73 Å². The number of ether oxygens (including phenoxy) is 1. The SMILES string of the molecule is COc1ccc(Br)c(CC(N)c2cc(Cl)ccc2Br)c1. The number of hydrogen-bond acceptors (Lipinski definition) is 2. The molecule has 0 aromatic heterocycles. The van der Waals surface area contributed by atoms with E-state index in [-0.39, 0.29) is 6.04 Å². The van der Waals surface area contributed by atoms with Gasteiger partial charge in [-0.3, -0.25) is 0 Å². The summed E-state index contributed by atoms with van der Waals surface area (Å²) in [5.74, 6) is 0.820. The van der Waals surface area contributed by atoms with Crippen molar-refractivity contribution in [3.63, 3.8) is 0 Å². The van der Waals surface area contributed by atoms with Gasteiger partial charge in [-0.1, -0.05) is 43.5 Å². The molecule has 0 amide bonds. The molecular weight excluding hydrogens is 405 g/mol. The van der Waals surface area contributed by atoms with Crippen LogP contribution in [0.25, 0.3) is 0 Å². The van der Waals surface area contributed by atoms with Crippen LogP contribution in [-0.2, 0) is 6.42 Å². The summed E-state index contributed by atoms with van der Waals surface area (Å²) >= 11 is 13.1. The van der Waals surface area contributed by atoms with Gasteiger partial charge in [0.1, 0.15) is 5.75 Å². The summed E-state index contributed by atoms with van der Waals surface area (Å²) in [4.78, 5) is 0. The van der Waals surface area contributed by atoms with Crippen LogP contribution >= 0.6 is 43.5 Å². The Labute approximate surface area is 140 Å². The summed E-state index contributed by atoms with van der Waals surface area (Å²) in [6, 6.07) is 11.4. The van der Waals surface area contributed by atoms with Crippen LogP contribution in [0.15, 0.2) is 45.3 Å². The van der Waals surface area contributed by atoms with E-state index < -0.39 is 0 Å². The van der Waals surface area contributed by atoms with Gasteiger partial charge in [-0.2, -0.15) is 0 Å². The fourth-order valence-corrected chi connectivity index (χ4v) is 3.11. The Morgan fingerprint density at radius 3 is 2.55 bits per heavy atom. The van der Waals surface area contributed by atoms with Crippen molar-refractivity contribution in [1.29, 1.82) is 0 Å². The van der Waals surface area contributed by atoms with Crippen molar-refractivity contribution in [3.8, 4) is 5.75 Å². The Kier molecular flexibility index (Phi) is 5.49. The predicted octanol–water partition coefficient (Wildman–Crippen LogP) is 5.12. The Balaban J connectivity index is 2.27. The van der Waals surface area contributed by atoms with Crippen LogP contribution in [0.4, 0.5) is 0 Å². The second kappa shape index (κ2) is 6.94. The Morgan fingerprint density at radius 1 is 1.15 bits per heavy atom.